The van der Waals surface area contributed by atoms with E-state index >= 15 is 0 Å². The Labute approximate surface area is 110 Å². The average molecular weight is 252 g/mol. The fraction of sp³-hybridized carbons (Fsp3) is 0.600. The van der Waals surface area contributed by atoms with Gasteiger partial charge < -0.3 is 5.11 Å². The molecule has 0 aromatic heterocycles. The SMILES string of the molecule is Cc1ccc(SCCC(C)(O)C(C)(C)C)cc1. The summed E-state index contributed by atoms with van der Waals surface area (Å²) in [5.74, 6) is 0.952. The number of hydrogen-bond acceptors (Lipinski definition) is 2. The molecule has 1 aromatic rings. The fourth-order valence-corrected chi connectivity index (χ4v) is 2.44. The lowest BCUT2D eigenvalue weighted by Crippen LogP contribution is -2.40. The standard InChI is InChI=1S/C15H24OS/c1-12-6-8-13(9-7-12)17-11-10-15(5,16)14(2,3)4/h6-9,16H,10-11H2,1-5H3. The molecule has 0 bridgehead atoms. The van der Waals surface area contributed by atoms with Gasteiger partial charge in [0.25, 0.3) is 0 Å². The number of rotatable bonds is 4. The van der Waals surface area contributed by atoms with E-state index in [1.165, 1.54) is 10.5 Å². The maximum absolute atomic E-state index is 10.4. The summed E-state index contributed by atoms with van der Waals surface area (Å²) in [5, 5.41) is 10.4. The summed E-state index contributed by atoms with van der Waals surface area (Å²) in [7, 11) is 0. The smallest absolute Gasteiger partial charge is 0.0675 e. The number of thioether (sulfide) groups is 1. The molecule has 0 saturated carbocycles. The van der Waals surface area contributed by atoms with E-state index in [0.29, 0.717) is 0 Å². The van der Waals surface area contributed by atoms with E-state index < -0.39 is 5.60 Å². The van der Waals surface area contributed by atoms with Crippen LogP contribution in [0.2, 0.25) is 0 Å². The molecule has 0 spiro atoms. The van der Waals surface area contributed by atoms with Crippen molar-refractivity contribution in [2.75, 3.05) is 5.75 Å². The maximum Gasteiger partial charge on any atom is 0.0675 e. The highest BCUT2D eigenvalue weighted by Crippen LogP contribution is 2.34. The quantitative estimate of drug-likeness (QED) is 0.807. The van der Waals surface area contributed by atoms with Gasteiger partial charge in [0.05, 0.1) is 5.60 Å². The van der Waals surface area contributed by atoms with Gasteiger partial charge in [0.1, 0.15) is 0 Å². The molecule has 0 aliphatic rings. The van der Waals surface area contributed by atoms with Crippen molar-refractivity contribution in [3.8, 4) is 0 Å². The Morgan fingerprint density at radius 2 is 1.59 bits per heavy atom. The van der Waals surface area contributed by atoms with E-state index in [2.05, 4.69) is 52.0 Å². The van der Waals surface area contributed by atoms with Crippen LogP contribution < -0.4 is 0 Å². The van der Waals surface area contributed by atoms with E-state index in [1.54, 1.807) is 0 Å². The molecular weight excluding hydrogens is 228 g/mol. The highest BCUT2D eigenvalue weighted by atomic mass is 32.2. The number of aryl methyl sites for hydroxylation is 1. The Morgan fingerprint density at radius 3 is 2.06 bits per heavy atom. The lowest BCUT2D eigenvalue weighted by molar-refractivity contribution is -0.0430. The summed E-state index contributed by atoms with van der Waals surface area (Å²) < 4.78 is 0. The van der Waals surface area contributed by atoms with Crippen LogP contribution in [0.25, 0.3) is 0 Å². The number of hydrogen-bond donors (Lipinski definition) is 1. The lowest BCUT2D eigenvalue weighted by Gasteiger charge is -2.37. The van der Waals surface area contributed by atoms with Crippen molar-refractivity contribution in [1.29, 1.82) is 0 Å². The van der Waals surface area contributed by atoms with Crippen LogP contribution in [0.15, 0.2) is 29.2 Å². The largest absolute Gasteiger partial charge is 0.390 e. The van der Waals surface area contributed by atoms with Gasteiger partial charge in [0, 0.05) is 10.6 Å². The highest BCUT2D eigenvalue weighted by Gasteiger charge is 2.34. The second kappa shape index (κ2) is 5.45. The Bertz CT molecular complexity index is 346. The third-order valence-corrected chi connectivity index (χ3v) is 4.51. The zero-order chi connectivity index (χ0) is 13.1. The van der Waals surface area contributed by atoms with Gasteiger partial charge in [0.15, 0.2) is 0 Å². The Morgan fingerprint density at radius 1 is 1.06 bits per heavy atom. The Balaban J connectivity index is 2.45. The summed E-state index contributed by atoms with van der Waals surface area (Å²) in [5.41, 5.74) is 0.613. The van der Waals surface area contributed by atoms with Crippen molar-refractivity contribution in [3.63, 3.8) is 0 Å². The molecule has 1 N–H and O–H groups in total. The van der Waals surface area contributed by atoms with Crippen LogP contribution in [0.5, 0.6) is 0 Å². The van der Waals surface area contributed by atoms with Crippen molar-refractivity contribution in [1.82, 2.24) is 0 Å². The van der Waals surface area contributed by atoms with Gasteiger partial charge in [0.2, 0.25) is 0 Å². The maximum atomic E-state index is 10.4. The van der Waals surface area contributed by atoms with Crippen LogP contribution in [-0.2, 0) is 0 Å². The average Bonchev–Trinajstić information content (AvgIpc) is 2.19. The Kier molecular flexibility index (Phi) is 4.68. The van der Waals surface area contributed by atoms with Gasteiger partial charge in [-0.15, -0.1) is 11.8 Å². The summed E-state index contributed by atoms with van der Waals surface area (Å²) in [4.78, 5) is 1.28. The molecule has 0 amide bonds. The zero-order valence-corrected chi connectivity index (χ0v) is 12.4. The van der Waals surface area contributed by atoms with Crippen LogP contribution in [-0.4, -0.2) is 16.5 Å². The summed E-state index contributed by atoms with van der Waals surface area (Å²) in [6.07, 6.45) is 0.815. The zero-order valence-electron chi connectivity index (χ0n) is 11.6. The third-order valence-electron chi connectivity index (χ3n) is 3.49. The van der Waals surface area contributed by atoms with Crippen molar-refractivity contribution in [2.45, 2.75) is 51.5 Å². The van der Waals surface area contributed by atoms with Crippen molar-refractivity contribution < 1.29 is 5.11 Å². The first-order valence-corrected chi connectivity index (χ1v) is 7.13. The number of benzene rings is 1. The topological polar surface area (TPSA) is 20.2 Å². The van der Waals surface area contributed by atoms with Gasteiger partial charge in [-0.3, -0.25) is 0 Å². The van der Waals surface area contributed by atoms with E-state index in [0.717, 1.165) is 12.2 Å². The first-order chi connectivity index (χ1) is 7.72. The first kappa shape index (κ1) is 14.6. The minimum atomic E-state index is -0.606. The molecule has 1 rings (SSSR count). The van der Waals surface area contributed by atoms with Crippen LogP contribution in [0, 0.1) is 12.3 Å². The molecule has 0 radical (unpaired) electrons. The predicted molar refractivity (Wildman–Crippen MR) is 76.6 cm³/mol. The van der Waals surface area contributed by atoms with Crippen molar-refractivity contribution in [2.24, 2.45) is 5.41 Å². The molecule has 0 aliphatic carbocycles. The minimum absolute atomic E-state index is 0.0686. The normalized spacial score (nSPS) is 15.6. The van der Waals surface area contributed by atoms with Crippen LogP contribution in [0.4, 0.5) is 0 Å². The van der Waals surface area contributed by atoms with E-state index in [1.807, 2.05) is 18.7 Å². The fourth-order valence-electron chi connectivity index (χ4n) is 1.38. The van der Waals surface area contributed by atoms with E-state index in [-0.39, 0.29) is 5.41 Å². The predicted octanol–water partition coefficient (Wildman–Crippen LogP) is 4.27. The van der Waals surface area contributed by atoms with Crippen LogP contribution >= 0.6 is 11.8 Å². The van der Waals surface area contributed by atoms with Crippen LogP contribution in [0.3, 0.4) is 0 Å². The second-order valence-corrected chi connectivity index (χ2v) is 7.10. The molecule has 17 heavy (non-hydrogen) atoms. The Hall–Kier alpha value is -0.470. The molecule has 1 unspecified atom stereocenters. The summed E-state index contributed by atoms with van der Waals surface area (Å²) in [6, 6.07) is 8.55. The molecule has 1 nitrogen and oxygen atoms in total. The first-order valence-electron chi connectivity index (χ1n) is 6.14. The second-order valence-electron chi connectivity index (χ2n) is 5.94. The molecule has 2 heteroatoms. The monoisotopic (exact) mass is 252 g/mol. The van der Waals surface area contributed by atoms with Crippen molar-refractivity contribution >= 4 is 11.8 Å². The molecule has 1 aromatic carbocycles. The molecule has 0 aliphatic heterocycles. The molecule has 0 saturated heterocycles. The molecule has 1 atom stereocenters. The van der Waals surface area contributed by atoms with Gasteiger partial charge in [-0.1, -0.05) is 38.5 Å². The van der Waals surface area contributed by atoms with E-state index in [4.69, 9.17) is 0 Å². The lowest BCUT2D eigenvalue weighted by atomic mass is 9.76. The van der Waals surface area contributed by atoms with Crippen molar-refractivity contribution in [3.05, 3.63) is 29.8 Å². The van der Waals surface area contributed by atoms with E-state index in [9.17, 15) is 5.11 Å². The molecular formula is C15H24OS. The third kappa shape index (κ3) is 4.36. The molecule has 96 valence electrons. The molecule has 0 fully saturated rings. The summed E-state index contributed by atoms with van der Waals surface area (Å²) in [6.45, 7) is 10.3. The summed E-state index contributed by atoms with van der Waals surface area (Å²) >= 11 is 1.81. The van der Waals surface area contributed by atoms with Gasteiger partial charge >= 0.3 is 0 Å². The number of aliphatic hydroxyl groups is 1. The minimum Gasteiger partial charge on any atom is -0.390 e. The van der Waals surface area contributed by atoms with Crippen LogP contribution in [0.1, 0.15) is 39.7 Å². The van der Waals surface area contributed by atoms with Gasteiger partial charge in [-0.25, -0.2) is 0 Å². The van der Waals surface area contributed by atoms with Gasteiger partial charge in [-0.05, 0) is 37.8 Å². The highest BCUT2D eigenvalue weighted by molar-refractivity contribution is 7.99. The molecule has 0 heterocycles. The van der Waals surface area contributed by atoms with Gasteiger partial charge in [-0.2, -0.15) is 0 Å².